The van der Waals surface area contributed by atoms with E-state index in [2.05, 4.69) is 43.5 Å². The number of aryl methyl sites for hydroxylation is 1. The van der Waals surface area contributed by atoms with Gasteiger partial charge in [-0.3, -0.25) is 4.79 Å². The SMILES string of the molecule is Cc1nc(CN(C)C(=O)c2cc(I)ccc2Br)cs1. The number of hydrogen-bond donors (Lipinski definition) is 0. The highest BCUT2D eigenvalue weighted by molar-refractivity contribution is 14.1. The lowest BCUT2D eigenvalue weighted by atomic mass is 10.2. The van der Waals surface area contributed by atoms with Crippen LogP contribution < -0.4 is 0 Å². The summed E-state index contributed by atoms with van der Waals surface area (Å²) in [6.07, 6.45) is 0. The average molecular weight is 451 g/mol. The summed E-state index contributed by atoms with van der Waals surface area (Å²) < 4.78 is 1.86. The molecule has 1 aromatic heterocycles. The number of carbonyl (C=O) groups is 1. The Labute approximate surface area is 138 Å². The van der Waals surface area contributed by atoms with Gasteiger partial charge in [-0.25, -0.2) is 4.98 Å². The van der Waals surface area contributed by atoms with Crippen LogP contribution in [0.1, 0.15) is 21.1 Å². The van der Waals surface area contributed by atoms with Crippen molar-refractivity contribution in [2.24, 2.45) is 0 Å². The van der Waals surface area contributed by atoms with Crippen molar-refractivity contribution in [1.29, 1.82) is 0 Å². The van der Waals surface area contributed by atoms with Crippen LogP contribution >= 0.6 is 49.9 Å². The lowest BCUT2D eigenvalue weighted by molar-refractivity contribution is 0.0782. The molecule has 0 bridgehead atoms. The molecule has 1 heterocycles. The maximum atomic E-state index is 12.4. The molecule has 1 amide bonds. The van der Waals surface area contributed by atoms with Crippen LogP contribution in [0.4, 0.5) is 0 Å². The van der Waals surface area contributed by atoms with E-state index in [1.165, 1.54) is 0 Å². The van der Waals surface area contributed by atoms with Crippen LogP contribution in [0.25, 0.3) is 0 Å². The Kier molecular flexibility index (Phi) is 4.97. The molecule has 2 aromatic rings. The standard InChI is InChI=1S/C13H12BrIN2OS/c1-8-16-10(7-19-8)6-17(2)13(18)11-5-9(15)3-4-12(11)14/h3-5,7H,6H2,1-2H3. The van der Waals surface area contributed by atoms with E-state index in [0.717, 1.165) is 18.7 Å². The molecule has 0 saturated carbocycles. The van der Waals surface area contributed by atoms with Gasteiger partial charge in [0.15, 0.2) is 0 Å². The van der Waals surface area contributed by atoms with E-state index in [9.17, 15) is 4.79 Å². The first-order valence-electron chi connectivity index (χ1n) is 5.59. The summed E-state index contributed by atoms with van der Waals surface area (Å²) in [7, 11) is 1.79. The van der Waals surface area contributed by atoms with Crippen molar-refractivity contribution < 1.29 is 4.79 Å². The van der Waals surface area contributed by atoms with E-state index in [0.29, 0.717) is 12.1 Å². The number of benzene rings is 1. The zero-order valence-corrected chi connectivity index (χ0v) is 15.0. The van der Waals surface area contributed by atoms with Crippen molar-refractivity contribution >= 4 is 55.8 Å². The summed E-state index contributed by atoms with van der Waals surface area (Å²) in [6.45, 7) is 2.49. The lowest BCUT2D eigenvalue weighted by Crippen LogP contribution is -2.26. The number of nitrogens with zero attached hydrogens (tertiary/aromatic N) is 2. The third kappa shape index (κ3) is 3.76. The van der Waals surface area contributed by atoms with Crippen molar-refractivity contribution in [3.8, 4) is 0 Å². The second kappa shape index (κ2) is 6.32. The monoisotopic (exact) mass is 450 g/mol. The highest BCUT2D eigenvalue weighted by atomic mass is 127. The van der Waals surface area contributed by atoms with Gasteiger partial charge in [0.25, 0.3) is 5.91 Å². The van der Waals surface area contributed by atoms with Crippen LogP contribution in [0.3, 0.4) is 0 Å². The van der Waals surface area contributed by atoms with Crippen LogP contribution in [-0.4, -0.2) is 22.8 Å². The molecule has 0 aliphatic rings. The van der Waals surface area contributed by atoms with E-state index in [4.69, 9.17) is 0 Å². The third-order valence-electron chi connectivity index (χ3n) is 2.57. The minimum absolute atomic E-state index is 0.00366. The van der Waals surface area contributed by atoms with Gasteiger partial charge in [0.05, 0.1) is 22.8 Å². The zero-order chi connectivity index (χ0) is 14.0. The molecule has 0 N–H and O–H groups in total. The van der Waals surface area contributed by atoms with Crippen molar-refractivity contribution in [2.75, 3.05) is 7.05 Å². The van der Waals surface area contributed by atoms with Gasteiger partial charge in [-0.15, -0.1) is 11.3 Å². The number of carbonyl (C=O) groups excluding carboxylic acids is 1. The van der Waals surface area contributed by atoms with E-state index >= 15 is 0 Å². The number of hydrogen-bond acceptors (Lipinski definition) is 3. The second-order valence-corrected chi connectivity index (χ2v) is 7.31. The van der Waals surface area contributed by atoms with Gasteiger partial charge < -0.3 is 4.90 Å². The Bertz CT molecular complexity index is 614. The maximum Gasteiger partial charge on any atom is 0.255 e. The number of thiazole rings is 1. The fourth-order valence-electron chi connectivity index (χ4n) is 1.66. The average Bonchev–Trinajstić information content (AvgIpc) is 2.77. The maximum absolute atomic E-state index is 12.4. The van der Waals surface area contributed by atoms with Crippen molar-refractivity contribution in [2.45, 2.75) is 13.5 Å². The summed E-state index contributed by atoms with van der Waals surface area (Å²) in [5.41, 5.74) is 1.61. The van der Waals surface area contributed by atoms with E-state index in [1.54, 1.807) is 23.3 Å². The quantitative estimate of drug-likeness (QED) is 0.660. The van der Waals surface area contributed by atoms with Gasteiger partial charge in [0.1, 0.15) is 0 Å². The van der Waals surface area contributed by atoms with Crippen LogP contribution in [-0.2, 0) is 6.54 Å². The minimum atomic E-state index is -0.00366. The fraction of sp³-hybridized carbons (Fsp3) is 0.231. The molecular weight excluding hydrogens is 439 g/mol. The molecule has 6 heteroatoms. The van der Waals surface area contributed by atoms with E-state index in [1.807, 2.05) is 30.5 Å². The molecule has 0 fully saturated rings. The van der Waals surface area contributed by atoms with Crippen molar-refractivity contribution in [3.05, 3.63) is 47.9 Å². The van der Waals surface area contributed by atoms with Gasteiger partial charge in [-0.05, 0) is 63.6 Å². The third-order valence-corrected chi connectivity index (χ3v) is 4.76. The summed E-state index contributed by atoms with van der Waals surface area (Å²) in [5.74, 6) is -0.00366. The van der Waals surface area contributed by atoms with Crippen LogP contribution in [0.5, 0.6) is 0 Å². The number of amides is 1. The van der Waals surface area contributed by atoms with Crippen LogP contribution in [0, 0.1) is 10.5 Å². The Balaban J connectivity index is 2.16. The predicted octanol–water partition coefficient (Wildman–Crippen LogP) is 4.09. The van der Waals surface area contributed by atoms with E-state index < -0.39 is 0 Å². The van der Waals surface area contributed by atoms with Crippen molar-refractivity contribution in [3.63, 3.8) is 0 Å². The number of halogens is 2. The van der Waals surface area contributed by atoms with Gasteiger partial charge in [0.2, 0.25) is 0 Å². The van der Waals surface area contributed by atoms with Gasteiger partial charge in [-0.2, -0.15) is 0 Å². The van der Waals surface area contributed by atoms with E-state index in [-0.39, 0.29) is 5.91 Å². The second-order valence-electron chi connectivity index (χ2n) is 4.14. The van der Waals surface area contributed by atoms with Crippen LogP contribution in [0.15, 0.2) is 28.1 Å². The Hall–Kier alpha value is -0.470. The first-order valence-corrected chi connectivity index (χ1v) is 8.34. The fourth-order valence-corrected chi connectivity index (χ4v) is 3.17. The summed E-state index contributed by atoms with van der Waals surface area (Å²) >= 11 is 7.23. The van der Waals surface area contributed by atoms with Crippen molar-refractivity contribution in [1.82, 2.24) is 9.88 Å². The highest BCUT2D eigenvalue weighted by Crippen LogP contribution is 2.21. The highest BCUT2D eigenvalue weighted by Gasteiger charge is 2.16. The molecule has 1 aromatic carbocycles. The Morgan fingerprint density at radius 3 is 2.89 bits per heavy atom. The lowest BCUT2D eigenvalue weighted by Gasteiger charge is -2.17. The van der Waals surface area contributed by atoms with Gasteiger partial charge >= 0.3 is 0 Å². The van der Waals surface area contributed by atoms with Crippen LogP contribution in [0.2, 0.25) is 0 Å². The molecule has 0 aliphatic heterocycles. The Morgan fingerprint density at radius 1 is 1.53 bits per heavy atom. The molecule has 0 radical (unpaired) electrons. The normalized spacial score (nSPS) is 10.5. The molecule has 0 atom stereocenters. The molecule has 2 rings (SSSR count). The summed E-state index contributed by atoms with van der Waals surface area (Å²) in [5, 5.41) is 3.01. The Morgan fingerprint density at radius 2 is 2.26 bits per heavy atom. The molecule has 19 heavy (non-hydrogen) atoms. The number of aromatic nitrogens is 1. The molecule has 0 saturated heterocycles. The topological polar surface area (TPSA) is 33.2 Å². The smallest absolute Gasteiger partial charge is 0.255 e. The molecule has 100 valence electrons. The molecule has 3 nitrogen and oxygen atoms in total. The summed E-state index contributed by atoms with van der Waals surface area (Å²) in [6, 6.07) is 5.75. The molecular formula is C13H12BrIN2OS. The molecule has 0 unspecified atom stereocenters. The zero-order valence-electron chi connectivity index (χ0n) is 10.5. The first kappa shape index (κ1) is 14.9. The molecule has 0 spiro atoms. The number of rotatable bonds is 3. The minimum Gasteiger partial charge on any atom is -0.336 e. The molecule has 0 aliphatic carbocycles. The van der Waals surface area contributed by atoms with Gasteiger partial charge in [-0.1, -0.05) is 0 Å². The van der Waals surface area contributed by atoms with Gasteiger partial charge in [0, 0.05) is 20.5 Å². The summed E-state index contributed by atoms with van der Waals surface area (Å²) in [4.78, 5) is 18.5. The predicted molar refractivity (Wildman–Crippen MR) is 89.5 cm³/mol. The largest absolute Gasteiger partial charge is 0.336 e. The first-order chi connectivity index (χ1) is 8.97.